The van der Waals surface area contributed by atoms with Crippen LogP contribution in [0.3, 0.4) is 0 Å². The lowest BCUT2D eigenvalue weighted by atomic mass is 10.0. The van der Waals surface area contributed by atoms with E-state index in [9.17, 15) is 4.79 Å². The Morgan fingerprint density at radius 1 is 1.22 bits per heavy atom. The topological polar surface area (TPSA) is 76.1 Å². The monoisotopic (exact) mass is 380 g/mol. The third kappa shape index (κ3) is 3.84. The molecule has 4 rings (SSSR count). The van der Waals surface area contributed by atoms with Crippen LogP contribution in [-0.2, 0) is 4.74 Å². The number of nitrogens with one attached hydrogen (secondary N) is 2. The molecule has 6 nitrogen and oxygen atoms in total. The quantitative estimate of drug-likeness (QED) is 0.707. The minimum atomic E-state index is -0.213. The van der Waals surface area contributed by atoms with Gasteiger partial charge in [-0.25, -0.2) is 14.8 Å². The number of hydrogen-bond donors (Lipinski definition) is 2. The fraction of sp³-hybridized carbons (Fsp3) is 0.250. The van der Waals surface area contributed by atoms with Gasteiger partial charge in [0.15, 0.2) is 5.82 Å². The van der Waals surface area contributed by atoms with Crippen molar-refractivity contribution in [2.45, 2.75) is 13.3 Å². The summed E-state index contributed by atoms with van der Waals surface area (Å²) in [6.45, 7) is 3.81. The van der Waals surface area contributed by atoms with Crippen LogP contribution in [0.25, 0.3) is 27.2 Å². The zero-order valence-electron chi connectivity index (χ0n) is 15.0. The van der Waals surface area contributed by atoms with Crippen molar-refractivity contribution >= 4 is 38.8 Å². The van der Waals surface area contributed by atoms with Gasteiger partial charge in [0.25, 0.3) is 0 Å². The molecule has 1 aliphatic rings. The van der Waals surface area contributed by atoms with Gasteiger partial charge in [0.2, 0.25) is 0 Å². The zero-order valence-corrected chi connectivity index (χ0v) is 15.8. The molecule has 1 aromatic carbocycles. The summed E-state index contributed by atoms with van der Waals surface area (Å²) in [6.07, 6.45) is 2.96. The summed E-state index contributed by atoms with van der Waals surface area (Å²) in [5.74, 6) is 0.692. The molecule has 0 unspecified atom stereocenters. The van der Waals surface area contributed by atoms with Crippen LogP contribution in [0.15, 0.2) is 41.8 Å². The van der Waals surface area contributed by atoms with E-state index in [2.05, 4.69) is 22.8 Å². The van der Waals surface area contributed by atoms with E-state index in [4.69, 9.17) is 14.7 Å². The van der Waals surface area contributed by atoms with Crippen LogP contribution in [0.4, 0.5) is 10.5 Å². The molecule has 2 N–H and O–H groups in total. The number of benzene rings is 1. The number of hydrogen-bond acceptors (Lipinski definition) is 5. The zero-order chi connectivity index (χ0) is 18.6. The van der Waals surface area contributed by atoms with Gasteiger partial charge in [0.05, 0.1) is 18.9 Å². The third-order valence-electron chi connectivity index (χ3n) is 4.33. The molecule has 0 aliphatic carbocycles. The first-order valence-electron chi connectivity index (χ1n) is 8.92. The average molecular weight is 380 g/mol. The molecule has 0 atom stereocenters. The molecule has 2 aromatic heterocycles. The summed E-state index contributed by atoms with van der Waals surface area (Å²) in [4.78, 5) is 22.2. The first-order valence-corrected chi connectivity index (χ1v) is 9.80. The largest absolute Gasteiger partial charge is 0.377 e. The number of amides is 2. The number of thiophene rings is 1. The number of urea groups is 1. The maximum atomic E-state index is 11.6. The number of carbonyl (C=O) groups is 1. The maximum absolute atomic E-state index is 11.6. The Kier molecular flexibility index (Phi) is 5.13. The smallest absolute Gasteiger partial charge is 0.319 e. The van der Waals surface area contributed by atoms with Crippen molar-refractivity contribution in [2.75, 3.05) is 25.1 Å². The van der Waals surface area contributed by atoms with Crippen LogP contribution in [0.1, 0.15) is 19.0 Å². The lowest BCUT2D eigenvalue weighted by molar-refractivity contribution is 0.161. The second kappa shape index (κ2) is 7.85. The SMILES string of the molecule is CCNC(=O)Nc1ccc(-c2nc(C3=CCOCC3)c3ccsc3n2)cc1. The summed E-state index contributed by atoms with van der Waals surface area (Å²) in [5.41, 5.74) is 3.85. The number of anilines is 1. The molecule has 3 heterocycles. The molecule has 1 aliphatic heterocycles. The molecule has 7 heteroatoms. The summed E-state index contributed by atoms with van der Waals surface area (Å²) >= 11 is 1.62. The van der Waals surface area contributed by atoms with Gasteiger partial charge in [0, 0.05) is 23.2 Å². The van der Waals surface area contributed by atoms with Crippen molar-refractivity contribution in [3.05, 3.63) is 47.5 Å². The minimum Gasteiger partial charge on any atom is -0.377 e. The predicted molar refractivity (Wildman–Crippen MR) is 109 cm³/mol. The van der Waals surface area contributed by atoms with Gasteiger partial charge in [-0.15, -0.1) is 11.3 Å². The number of ether oxygens (including phenoxy) is 1. The van der Waals surface area contributed by atoms with E-state index in [0.29, 0.717) is 19.0 Å². The molecule has 0 bridgehead atoms. The number of fused-ring (bicyclic) bond motifs is 1. The normalized spacial score (nSPS) is 14.0. The van der Waals surface area contributed by atoms with E-state index in [1.54, 1.807) is 11.3 Å². The number of carbonyl (C=O) groups excluding carboxylic acids is 1. The van der Waals surface area contributed by atoms with Crippen LogP contribution in [0, 0.1) is 0 Å². The Labute approximate surface area is 161 Å². The fourth-order valence-electron chi connectivity index (χ4n) is 3.01. The van der Waals surface area contributed by atoms with Crippen molar-refractivity contribution in [1.29, 1.82) is 0 Å². The van der Waals surface area contributed by atoms with E-state index in [0.717, 1.165) is 40.2 Å². The fourth-order valence-corrected chi connectivity index (χ4v) is 3.77. The Morgan fingerprint density at radius 3 is 2.81 bits per heavy atom. The summed E-state index contributed by atoms with van der Waals surface area (Å²) in [6, 6.07) is 9.45. The molecule has 2 amide bonds. The van der Waals surface area contributed by atoms with Gasteiger partial charge in [-0.3, -0.25) is 0 Å². The van der Waals surface area contributed by atoms with Crippen LogP contribution in [0.5, 0.6) is 0 Å². The van der Waals surface area contributed by atoms with Gasteiger partial charge in [-0.05, 0) is 54.6 Å². The highest BCUT2D eigenvalue weighted by Crippen LogP contribution is 2.31. The van der Waals surface area contributed by atoms with E-state index < -0.39 is 0 Å². The Bertz CT molecular complexity index is 995. The van der Waals surface area contributed by atoms with E-state index in [1.165, 1.54) is 5.57 Å². The molecule has 138 valence electrons. The first kappa shape index (κ1) is 17.6. The van der Waals surface area contributed by atoms with Gasteiger partial charge >= 0.3 is 6.03 Å². The van der Waals surface area contributed by atoms with Gasteiger partial charge < -0.3 is 15.4 Å². The van der Waals surface area contributed by atoms with E-state index in [1.807, 2.05) is 36.6 Å². The standard InChI is InChI=1S/C20H20N4O2S/c1-2-21-20(25)22-15-5-3-14(4-6-15)18-23-17(13-7-10-26-11-8-13)16-9-12-27-19(16)24-18/h3-7,9,12H,2,8,10-11H2,1H3,(H2,21,22,25). The summed E-state index contributed by atoms with van der Waals surface area (Å²) in [5, 5.41) is 8.65. The molecular formula is C20H20N4O2S. The minimum absolute atomic E-state index is 0.213. The Morgan fingerprint density at radius 2 is 2.07 bits per heavy atom. The van der Waals surface area contributed by atoms with Gasteiger partial charge in [-0.1, -0.05) is 6.08 Å². The highest BCUT2D eigenvalue weighted by atomic mass is 32.1. The summed E-state index contributed by atoms with van der Waals surface area (Å²) < 4.78 is 5.43. The predicted octanol–water partition coefficient (Wildman–Crippen LogP) is 4.30. The van der Waals surface area contributed by atoms with Crippen LogP contribution in [0.2, 0.25) is 0 Å². The van der Waals surface area contributed by atoms with Crippen molar-refractivity contribution in [3.63, 3.8) is 0 Å². The second-order valence-corrected chi connectivity index (χ2v) is 7.05. The molecular weight excluding hydrogens is 360 g/mol. The number of rotatable bonds is 4. The van der Waals surface area contributed by atoms with E-state index >= 15 is 0 Å². The molecule has 0 fully saturated rings. The molecule has 0 radical (unpaired) electrons. The molecule has 27 heavy (non-hydrogen) atoms. The van der Waals surface area contributed by atoms with Crippen LogP contribution >= 0.6 is 11.3 Å². The van der Waals surface area contributed by atoms with Crippen molar-refractivity contribution < 1.29 is 9.53 Å². The maximum Gasteiger partial charge on any atom is 0.319 e. The molecule has 0 saturated carbocycles. The first-order chi connectivity index (χ1) is 13.2. The molecule has 3 aromatic rings. The van der Waals surface area contributed by atoms with Gasteiger partial charge in [0.1, 0.15) is 4.83 Å². The summed E-state index contributed by atoms with van der Waals surface area (Å²) in [7, 11) is 0. The average Bonchev–Trinajstić information content (AvgIpc) is 3.17. The van der Waals surface area contributed by atoms with Crippen molar-refractivity contribution in [2.24, 2.45) is 0 Å². The van der Waals surface area contributed by atoms with E-state index in [-0.39, 0.29) is 6.03 Å². The molecule has 0 saturated heterocycles. The van der Waals surface area contributed by atoms with Crippen molar-refractivity contribution in [1.82, 2.24) is 15.3 Å². The Hall–Kier alpha value is -2.77. The van der Waals surface area contributed by atoms with Crippen LogP contribution < -0.4 is 10.6 Å². The number of nitrogens with zero attached hydrogens (tertiary/aromatic N) is 2. The highest BCUT2D eigenvalue weighted by molar-refractivity contribution is 7.16. The van der Waals surface area contributed by atoms with Gasteiger partial charge in [-0.2, -0.15) is 0 Å². The Balaban J connectivity index is 1.67. The third-order valence-corrected chi connectivity index (χ3v) is 5.14. The number of aromatic nitrogens is 2. The highest BCUT2D eigenvalue weighted by Gasteiger charge is 2.15. The lowest BCUT2D eigenvalue weighted by Crippen LogP contribution is -2.28. The molecule has 0 spiro atoms. The lowest BCUT2D eigenvalue weighted by Gasteiger charge is -2.14. The second-order valence-electron chi connectivity index (χ2n) is 6.15. The van der Waals surface area contributed by atoms with Crippen LogP contribution in [-0.4, -0.2) is 35.8 Å². The van der Waals surface area contributed by atoms with Crippen molar-refractivity contribution in [3.8, 4) is 11.4 Å².